The Morgan fingerprint density at radius 1 is 1.23 bits per heavy atom. The summed E-state index contributed by atoms with van der Waals surface area (Å²) < 4.78 is 0. The number of nitrogens with one attached hydrogen (secondary N) is 3. The number of benzene rings is 1. The van der Waals surface area contributed by atoms with E-state index in [2.05, 4.69) is 20.8 Å². The second kappa shape index (κ2) is 8.17. The fourth-order valence-electron chi connectivity index (χ4n) is 2.89. The summed E-state index contributed by atoms with van der Waals surface area (Å²) in [7, 11) is 0. The molecule has 0 spiro atoms. The quantitative estimate of drug-likeness (QED) is 0.680. The largest absolute Gasteiger partial charge is 0.349 e. The Balaban J connectivity index is 1.52. The standard InChI is InChI=1S/C20H26N4O2/c1-13(2)19(22-18(25)10-14-6-4-3-5-7-14)20(26)21-12-16-11-17(24-23-16)15-8-9-15/h3-7,11,13,15,19H,8-10,12H2,1-2H3,(H,21,26)(H,22,25)(H,23,24). The summed E-state index contributed by atoms with van der Waals surface area (Å²) >= 11 is 0. The van der Waals surface area contributed by atoms with Crippen LogP contribution >= 0.6 is 0 Å². The zero-order valence-corrected chi connectivity index (χ0v) is 15.3. The van der Waals surface area contributed by atoms with E-state index in [0.29, 0.717) is 12.5 Å². The number of hydrogen-bond acceptors (Lipinski definition) is 3. The maximum atomic E-state index is 12.5. The lowest BCUT2D eigenvalue weighted by molar-refractivity contribution is -0.129. The minimum absolute atomic E-state index is 0.00137. The fraction of sp³-hybridized carbons (Fsp3) is 0.450. The van der Waals surface area contributed by atoms with Gasteiger partial charge in [-0.15, -0.1) is 0 Å². The van der Waals surface area contributed by atoms with Gasteiger partial charge in [-0.2, -0.15) is 5.10 Å². The minimum atomic E-state index is -0.558. The van der Waals surface area contributed by atoms with Crippen LogP contribution in [0.1, 0.15) is 49.6 Å². The molecule has 0 saturated heterocycles. The van der Waals surface area contributed by atoms with E-state index in [9.17, 15) is 9.59 Å². The molecule has 1 aliphatic rings. The van der Waals surface area contributed by atoms with Crippen molar-refractivity contribution in [3.05, 3.63) is 53.3 Å². The first-order valence-electron chi connectivity index (χ1n) is 9.18. The number of aromatic amines is 1. The summed E-state index contributed by atoms with van der Waals surface area (Å²) in [5.41, 5.74) is 2.89. The van der Waals surface area contributed by atoms with Crippen LogP contribution in [0.25, 0.3) is 0 Å². The number of carbonyl (C=O) groups excluding carboxylic acids is 2. The van der Waals surface area contributed by atoms with Gasteiger partial charge in [-0.05, 0) is 30.4 Å². The summed E-state index contributed by atoms with van der Waals surface area (Å²) in [4.78, 5) is 24.8. The average molecular weight is 354 g/mol. The molecule has 2 amide bonds. The highest BCUT2D eigenvalue weighted by molar-refractivity contribution is 5.88. The molecule has 138 valence electrons. The molecule has 1 unspecified atom stereocenters. The molecule has 1 aliphatic carbocycles. The summed E-state index contributed by atoms with van der Waals surface area (Å²) in [6.45, 7) is 4.24. The summed E-state index contributed by atoms with van der Waals surface area (Å²) in [6.07, 6.45) is 2.65. The van der Waals surface area contributed by atoms with Gasteiger partial charge >= 0.3 is 0 Å². The molecule has 1 heterocycles. The molecule has 6 nitrogen and oxygen atoms in total. The predicted octanol–water partition coefficient (Wildman–Crippen LogP) is 2.29. The van der Waals surface area contributed by atoms with Crippen LogP contribution in [0.15, 0.2) is 36.4 Å². The molecule has 1 aromatic carbocycles. The summed E-state index contributed by atoms with van der Waals surface area (Å²) in [5, 5.41) is 13.0. The molecule has 26 heavy (non-hydrogen) atoms. The van der Waals surface area contributed by atoms with Crippen LogP contribution in [0, 0.1) is 5.92 Å². The second-order valence-corrected chi connectivity index (χ2v) is 7.26. The number of hydrogen-bond donors (Lipinski definition) is 3. The van der Waals surface area contributed by atoms with E-state index in [4.69, 9.17) is 0 Å². The molecule has 1 fully saturated rings. The van der Waals surface area contributed by atoms with Crippen molar-refractivity contribution in [1.29, 1.82) is 0 Å². The molecule has 3 rings (SSSR count). The maximum absolute atomic E-state index is 12.5. The highest BCUT2D eigenvalue weighted by atomic mass is 16.2. The van der Waals surface area contributed by atoms with Crippen molar-refractivity contribution in [3.63, 3.8) is 0 Å². The Bertz CT molecular complexity index is 750. The van der Waals surface area contributed by atoms with E-state index in [-0.39, 0.29) is 24.2 Å². The molecule has 0 radical (unpaired) electrons. The highest BCUT2D eigenvalue weighted by Crippen LogP contribution is 2.38. The number of rotatable bonds is 8. The van der Waals surface area contributed by atoms with Gasteiger partial charge in [0.05, 0.1) is 24.4 Å². The van der Waals surface area contributed by atoms with Gasteiger partial charge in [-0.1, -0.05) is 44.2 Å². The van der Waals surface area contributed by atoms with Gasteiger partial charge in [0.25, 0.3) is 0 Å². The zero-order chi connectivity index (χ0) is 18.5. The Hall–Kier alpha value is -2.63. The Labute approximate surface area is 153 Å². The van der Waals surface area contributed by atoms with E-state index in [0.717, 1.165) is 17.0 Å². The van der Waals surface area contributed by atoms with Gasteiger partial charge in [0.15, 0.2) is 0 Å². The van der Waals surface area contributed by atoms with E-state index in [1.54, 1.807) is 0 Å². The molecular formula is C20H26N4O2. The first kappa shape index (κ1) is 18.2. The Morgan fingerprint density at radius 2 is 1.96 bits per heavy atom. The van der Waals surface area contributed by atoms with Crippen LogP contribution in [0.2, 0.25) is 0 Å². The van der Waals surface area contributed by atoms with E-state index in [1.807, 2.05) is 50.2 Å². The van der Waals surface area contributed by atoms with Gasteiger partial charge in [0.1, 0.15) is 6.04 Å². The number of aromatic nitrogens is 2. The average Bonchev–Trinajstić information content (AvgIpc) is 3.36. The van der Waals surface area contributed by atoms with Crippen molar-refractivity contribution < 1.29 is 9.59 Å². The fourth-order valence-corrected chi connectivity index (χ4v) is 2.89. The molecule has 1 aromatic heterocycles. The van der Waals surface area contributed by atoms with Gasteiger partial charge in [-0.25, -0.2) is 0 Å². The lowest BCUT2D eigenvalue weighted by Crippen LogP contribution is -2.49. The highest BCUT2D eigenvalue weighted by Gasteiger charge is 2.27. The van der Waals surface area contributed by atoms with Gasteiger partial charge in [0.2, 0.25) is 11.8 Å². The maximum Gasteiger partial charge on any atom is 0.243 e. The van der Waals surface area contributed by atoms with E-state index < -0.39 is 6.04 Å². The van der Waals surface area contributed by atoms with Gasteiger partial charge in [-0.3, -0.25) is 14.7 Å². The summed E-state index contributed by atoms with van der Waals surface area (Å²) in [6, 6.07) is 11.0. The smallest absolute Gasteiger partial charge is 0.243 e. The molecule has 0 aliphatic heterocycles. The lowest BCUT2D eigenvalue weighted by Gasteiger charge is -2.21. The normalized spacial score (nSPS) is 14.9. The van der Waals surface area contributed by atoms with Crippen molar-refractivity contribution in [2.24, 2.45) is 5.92 Å². The van der Waals surface area contributed by atoms with Crippen molar-refractivity contribution in [3.8, 4) is 0 Å². The Morgan fingerprint density at radius 3 is 2.62 bits per heavy atom. The van der Waals surface area contributed by atoms with Crippen molar-refractivity contribution in [1.82, 2.24) is 20.8 Å². The van der Waals surface area contributed by atoms with Crippen molar-refractivity contribution in [2.45, 2.75) is 51.6 Å². The van der Waals surface area contributed by atoms with Crippen LogP contribution < -0.4 is 10.6 Å². The zero-order valence-electron chi connectivity index (χ0n) is 15.3. The van der Waals surface area contributed by atoms with Gasteiger partial charge in [0, 0.05) is 5.92 Å². The molecule has 3 N–H and O–H groups in total. The second-order valence-electron chi connectivity index (χ2n) is 7.26. The van der Waals surface area contributed by atoms with E-state index >= 15 is 0 Å². The first-order valence-corrected chi connectivity index (χ1v) is 9.18. The molecule has 0 bridgehead atoms. The van der Waals surface area contributed by atoms with Gasteiger partial charge < -0.3 is 10.6 Å². The topological polar surface area (TPSA) is 86.9 Å². The Kier molecular flexibility index (Phi) is 5.71. The number of nitrogens with zero attached hydrogens (tertiary/aromatic N) is 1. The summed E-state index contributed by atoms with van der Waals surface area (Å²) in [5.74, 6) is 0.251. The SMILES string of the molecule is CC(C)C(NC(=O)Cc1ccccc1)C(=O)NCc1cc(C2CC2)n[nH]1. The third kappa shape index (κ3) is 4.94. The number of amides is 2. The molecular weight excluding hydrogens is 328 g/mol. The monoisotopic (exact) mass is 354 g/mol. The van der Waals surface area contributed by atoms with Crippen molar-refractivity contribution in [2.75, 3.05) is 0 Å². The predicted molar refractivity (Wildman–Crippen MR) is 99.3 cm³/mol. The van der Waals surface area contributed by atoms with Crippen LogP contribution in [0.5, 0.6) is 0 Å². The van der Waals surface area contributed by atoms with E-state index in [1.165, 1.54) is 12.8 Å². The van der Waals surface area contributed by atoms with Crippen LogP contribution in [0.4, 0.5) is 0 Å². The van der Waals surface area contributed by atoms with Crippen LogP contribution in [-0.4, -0.2) is 28.1 Å². The van der Waals surface area contributed by atoms with Crippen LogP contribution in [-0.2, 0) is 22.6 Å². The molecule has 2 aromatic rings. The molecule has 6 heteroatoms. The minimum Gasteiger partial charge on any atom is -0.349 e. The first-order chi connectivity index (χ1) is 12.5. The van der Waals surface area contributed by atoms with Crippen LogP contribution in [0.3, 0.4) is 0 Å². The third-order valence-electron chi connectivity index (χ3n) is 4.57. The molecule has 1 atom stereocenters. The molecule has 1 saturated carbocycles. The lowest BCUT2D eigenvalue weighted by atomic mass is 10.0. The number of H-pyrrole nitrogens is 1. The van der Waals surface area contributed by atoms with Crippen molar-refractivity contribution >= 4 is 11.8 Å². The third-order valence-corrected chi connectivity index (χ3v) is 4.57. The number of carbonyl (C=O) groups is 2.